The van der Waals surface area contributed by atoms with Crippen molar-refractivity contribution in [2.24, 2.45) is 0 Å². The SMILES string of the molecule is Cc1ccc2nc(CCCC(=O)O)nn2c1. The zero-order chi connectivity index (χ0) is 11.5. The van der Waals surface area contributed by atoms with Crippen molar-refractivity contribution < 1.29 is 9.90 Å². The summed E-state index contributed by atoms with van der Waals surface area (Å²) in [6, 6.07) is 3.88. The fourth-order valence-electron chi connectivity index (χ4n) is 1.54. The van der Waals surface area contributed by atoms with Crippen LogP contribution in [0.25, 0.3) is 5.65 Å². The number of carboxylic acids is 1. The Morgan fingerprint density at radius 3 is 3.06 bits per heavy atom. The number of hydrogen-bond acceptors (Lipinski definition) is 3. The Labute approximate surface area is 92.7 Å². The fraction of sp³-hybridized carbons (Fsp3) is 0.364. The van der Waals surface area contributed by atoms with Gasteiger partial charge in [0, 0.05) is 19.0 Å². The average Bonchev–Trinajstić information content (AvgIpc) is 2.58. The summed E-state index contributed by atoms with van der Waals surface area (Å²) in [5.41, 5.74) is 1.92. The normalized spacial score (nSPS) is 10.8. The van der Waals surface area contributed by atoms with Crippen molar-refractivity contribution in [3.05, 3.63) is 29.7 Å². The Morgan fingerprint density at radius 1 is 1.50 bits per heavy atom. The van der Waals surface area contributed by atoms with Crippen molar-refractivity contribution in [1.29, 1.82) is 0 Å². The molecule has 0 fully saturated rings. The minimum atomic E-state index is -0.778. The molecule has 5 heteroatoms. The number of pyridine rings is 1. The number of rotatable bonds is 4. The molecule has 1 N–H and O–H groups in total. The van der Waals surface area contributed by atoms with Crippen LogP contribution in [0.4, 0.5) is 0 Å². The van der Waals surface area contributed by atoms with Gasteiger partial charge in [-0.25, -0.2) is 9.50 Å². The number of aromatic nitrogens is 3. The molecule has 2 aromatic rings. The molecule has 2 heterocycles. The number of carbonyl (C=O) groups is 1. The van der Waals surface area contributed by atoms with E-state index in [-0.39, 0.29) is 6.42 Å². The van der Waals surface area contributed by atoms with Crippen molar-refractivity contribution in [2.75, 3.05) is 0 Å². The summed E-state index contributed by atoms with van der Waals surface area (Å²) in [6.07, 6.45) is 3.25. The van der Waals surface area contributed by atoms with Crippen LogP contribution < -0.4 is 0 Å². The highest BCUT2D eigenvalue weighted by molar-refractivity contribution is 5.66. The Bertz CT molecular complexity index is 519. The maximum atomic E-state index is 10.4. The highest BCUT2D eigenvalue weighted by Gasteiger charge is 2.04. The van der Waals surface area contributed by atoms with Crippen molar-refractivity contribution in [3.8, 4) is 0 Å². The molecule has 2 aromatic heterocycles. The molecule has 0 spiro atoms. The van der Waals surface area contributed by atoms with Gasteiger partial charge < -0.3 is 5.11 Å². The Kier molecular flexibility index (Phi) is 2.85. The molecule has 16 heavy (non-hydrogen) atoms. The third-order valence-electron chi connectivity index (χ3n) is 2.31. The van der Waals surface area contributed by atoms with Gasteiger partial charge in [0.15, 0.2) is 11.5 Å². The van der Waals surface area contributed by atoms with Gasteiger partial charge >= 0.3 is 5.97 Å². The van der Waals surface area contributed by atoms with Gasteiger partial charge in [0.1, 0.15) is 0 Å². The molecular weight excluding hydrogens is 206 g/mol. The molecule has 5 nitrogen and oxygen atoms in total. The monoisotopic (exact) mass is 219 g/mol. The van der Waals surface area contributed by atoms with E-state index in [9.17, 15) is 4.79 Å². The lowest BCUT2D eigenvalue weighted by Gasteiger charge is -1.92. The van der Waals surface area contributed by atoms with Crippen molar-refractivity contribution in [3.63, 3.8) is 0 Å². The summed E-state index contributed by atoms with van der Waals surface area (Å²) in [5.74, 6) is -0.0774. The van der Waals surface area contributed by atoms with Crippen LogP contribution in [0, 0.1) is 6.92 Å². The van der Waals surface area contributed by atoms with E-state index in [2.05, 4.69) is 10.1 Å². The third-order valence-corrected chi connectivity index (χ3v) is 2.31. The van der Waals surface area contributed by atoms with Gasteiger partial charge in [-0.3, -0.25) is 4.79 Å². The van der Waals surface area contributed by atoms with Crippen LogP contribution in [-0.4, -0.2) is 25.7 Å². The minimum Gasteiger partial charge on any atom is -0.481 e. The minimum absolute atomic E-state index is 0.161. The predicted molar refractivity (Wildman–Crippen MR) is 58.3 cm³/mol. The van der Waals surface area contributed by atoms with Crippen LogP contribution in [0.1, 0.15) is 24.2 Å². The molecule has 0 bridgehead atoms. The van der Waals surface area contributed by atoms with E-state index in [0.29, 0.717) is 18.7 Å². The molecule has 0 aliphatic carbocycles. The molecule has 0 aliphatic rings. The number of carboxylic acid groups (broad SMARTS) is 1. The van der Waals surface area contributed by atoms with Crippen LogP contribution >= 0.6 is 0 Å². The van der Waals surface area contributed by atoms with Crippen molar-refractivity contribution >= 4 is 11.6 Å². The Morgan fingerprint density at radius 2 is 2.31 bits per heavy atom. The fourth-order valence-corrected chi connectivity index (χ4v) is 1.54. The molecule has 0 saturated heterocycles. The van der Waals surface area contributed by atoms with E-state index in [1.807, 2.05) is 25.3 Å². The molecule has 0 aliphatic heterocycles. The number of hydrogen-bond donors (Lipinski definition) is 1. The molecule has 0 saturated carbocycles. The van der Waals surface area contributed by atoms with Crippen molar-refractivity contribution in [2.45, 2.75) is 26.2 Å². The summed E-state index contributed by atoms with van der Waals surface area (Å²) in [5, 5.41) is 12.8. The second kappa shape index (κ2) is 4.30. The molecule has 84 valence electrons. The lowest BCUT2D eigenvalue weighted by molar-refractivity contribution is -0.137. The first-order chi connectivity index (χ1) is 7.65. The van der Waals surface area contributed by atoms with Gasteiger partial charge in [0.05, 0.1) is 0 Å². The first-order valence-electron chi connectivity index (χ1n) is 5.19. The van der Waals surface area contributed by atoms with Crippen LogP contribution in [0.3, 0.4) is 0 Å². The molecule has 0 aromatic carbocycles. The number of nitrogens with zero attached hydrogens (tertiary/aromatic N) is 3. The van der Waals surface area contributed by atoms with Gasteiger partial charge in [0.25, 0.3) is 0 Å². The third kappa shape index (κ3) is 2.36. The van der Waals surface area contributed by atoms with E-state index < -0.39 is 5.97 Å². The maximum Gasteiger partial charge on any atom is 0.303 e. The molecule has 0 amide bonds. The Balaban J connectivity index is 2.10. The van der Waals surface area contributed by atoms with E-state index >= 15 is 0 Å². The summed E-state index contributed by atoms with van der Waals surface area (Å²) in [6.45, 7) is 1.99. The summed E-state index contributed by atoms with van der Waals surface area (Å²) >= 11 is 0. The van der Waals surface area contributed by atoms with E-state index in [4.69, 9.17) is 5.11 Å². The second-order valence-electron chi connectivity index (χ2n) is 3.78. The lowest BCUT2D eigenvalue weighted by Crippen LogP contribution is -1.97. The average molecular weight is 219 g/mol. The van der Waals surface area contributed by atoms with Gasteiger partial charge in [0.2, 0.25) is 0 Å². The highest BCUT2D eigenvalue weighted by atomic mass is 16.4. The number of aliphatic carboxylic acids is 1. The summed E-state index contributed by atoms with van der Waals surface area (Å²) in [4.78, 5) is 14.7. The van der Waals surface area contributed by atoms with Crippen LogP contribution in [0.2, 0.25) is 0 Å². The first-order valence-corrected chi connectivity index (χ1v) is 5.19. The maximum absolute atomic E-state index is 10.4. The van der Waals surface area contributed by atoms with Crippen LogP contribution in [0.15, 0.2) is 18.3 Å². The zero-order valence-electron chi connectivity index (χ0n) is 9.05. The first kappa shape index (κ1) is 10.6. The number of fused-ring (bicyclic) bond motifs is 1. The largest absolute Gasteiger partial charge is 0.481 e. The van der Waals surface area contributed by atoms with E-state index in [1.54, 1.807) is 4.52 Å². The van der Waals surface area contributed by atoms with Crippen LogP contribution in [-0.2, 0) is 11.2 Å². The molecule has 0 atom stereocenters. The van der Waals surface area contributed by atoms with Gasteiger partial charge in [-0.05, 0) is 25.0 Å². The van der Waals surface area contributed by atoms with E-state index in [0.717, 1.165) is 11.2 Å². The number of aryl methyl sites for hydroxylation is 2. The second-order valence-corrected chi connectivity index (χ2v) is 3.78. The van der Waals surface area contributed by atoms with Gasteiger partial charge in [-0.1, -0.05) is 6.07 Å². The summed E-state index contributed by atoms with van der Waals surface area (Å²) in [7, 11) is 0. The topological polar surface area (TPSA) is 67.5 Å². The van der Waals surface area contributed by atoms with Crippen molar-refractivity contribution in [1.82, 2.24) is 14.6 Å². The van der Waals surface area contributed by atoms with Crippen LogP contribution in [0.5, 0.6) is 0 Å². The summed E-state index contributed by atoms with van der Waals surface area (Å²) < 4.78 is 1.73. The molecule has 2 rings (SSSR count). The van der Waals surface area contributed by atoms with E-state index in [1.165, 1.54) is 0 Å². The quantitative estimate of drug-likeness (QED) is 0.845. The van der Waals surface area contributed by atoms with Gasteiger partial charge in [-0.15, -0.1) is 0 Å². The van der Waals surface area contributed by atoms with Gasteiger partial charge in [-0.2, -0.15) is 5.10 Å². The highest BCUT2D eigenvalue weighted by Crippen LogP contribution is 2.06. The predicted octanol–water partition coefficient (Wildman–Crippen LogP) is 1.45. The standard InChI is InChI=1S/C11H13N3O2/c1-8-5-6-10-12-9(13-14(10)7-8)3-2-4-11(15)16/h5-7H,2-4H2,1H3,(H,15,16). The molecular formula is C11H13N3O2. The molecule has 0 unspecified atom stereocenters. The molecule has 0 radical (unpaired) electrons. The smallest absolute Gasteiger partial charge is 0.303 e. The zero-order valence-corrected chi connectivity index (χ0v) is 9.05. The lowest BCUT2D eigenvalue weighted by atomic mass is 10.2. The Hall–Kier alpha value is -1.91.